The third-order valence-corrected chi connectivity index (χ3v) is 2.59. The van der Waals surface area contributed by atoms with Crippen LogP contribution in [0, 0.1) is 11.3 Å². The van der Waals surface area contributed by atoms with Gasteiger partial charge in [-0.2, -0.15) is 0 Å². The highest BCUT2D eigenvalue weighted by Gasteiger charge is 2.38. The maximum atomic E-state index is 12.1. The van der Waals surface area contributed by atoms with Gasteiger partial charge in [-0.25, -0.2) is 0 Å². The molecule has 1 aromatic heterocycles. The molecule has 1 N–H and O–H groups in total. The minimum Gasteiger partial charge on any atom is -0.465 e. The lowest BCUT2D eigenvalue weighted by Gasteiger charge is -2.27. The van der Waals surface area contributed by atoms with Crippen LogP contribution in [0.4, 0.5) is 0 Å². The first-order chi connectivity index (χ1) is 8.86. The fourth-order valence-corrected chi connectivity index (χ4v) is 1.69. The van der Waals surface area contributed by atoms with Gasteiger partial charge < -0.3 is 14.6 Å². The summed E-state index contributed by atoms with van der Waals surface area (Å²) in [6.45, 7) is 7.66. The van der Waals surface area contributed by atoms with E-state index in [4.69, 9.17) is 4.74 Å². The molecule has 1 heterocycles. The van der Waals surface area contributed by atoms with E-state index in [2.05, 4.69) is 15.0 Å². The Morgan fingerprint density at radius 2 is 2.16 bits per heavy atom. The lowest BCUT2D eigenvalue weighted by Crippen LogP contribution is -2.43. The molecule has 6 heteroatoms. The largest absolute Gasteiger partial charge is 0.465 e. The molecular formula is C13H20N2O4. The molecule has 6 nitrogen and oxygen atoms in total. The zero-order valence-corrected chi connectivity index (χ0v) is 11.7. The van der Waals surface area contributed by atoms with Gasteiger partial charge in [-0.05, 0) is 12.3 Å². The predicted octanol–water partition coefficient (Wildman–Crippen LogP) is 1.52. The molecule has 106 valence electrons. The van der Waals surface area contributed by atoms with Crippen molar-refractivity contribution in [3.05, 3.63) is 18.0 Å². The molecule has 1 unspecified atom stereocenters. The normalized spacial score (nSPS) is 12.8. The number of rotatable bonds is 5. The van der Waals surface area contributed by atoms with Crippen molar-refractivity contribution in [1.82, 2.24) is 10.5 Å². The van der Waals surface area contributed by atoms with Gasteiger partial charge in [-0.3, -0.25) is 9.59 Å². The van der Waals surface area contributed by atoms with Crippen molar-refractivity contribution in [1.29, 1.82) is 0 Å². The molecule has 0 fully saturated rings. The molecule has 1 rings (SSSR count). The summed E-state index contributed by atoms with van der Waals surface area (Å²) in [5.41, 5.74) is 0.0880. The quantitative estimate of drug-likeness (QED) is 0.646. The zero-order valence-electron chi connectivity index (χ0n) is 11.7. The number of hydrogen-bond acceptors (Lipinski definition) is 5. The first kappa shape index (κ1) is 15.2. The van der Waals surface area contributed by atoms with E-state index < -0.39 is 17.3 Å². The lowest BCUT2D eigenvalue weighted by molar-refractivity contribution is -0.156. The molecule has 0 aromatic carbocycles. The Hall–Kier alpha value is -1.85. The fourth-order valence-electron chi connectivity index (χ4n) is 1.69. The predicted molar refractivity (Wildman–Crippen MR) is 67.9 cm³/mol. The molecule has 0 saturated carbocycles. The van der Waals surface area contributed by atoms with E-state index in [1.165, 1.54) is 6.26 Å². The van der Waals surface area contributed by atoms with Gasteiger partial charge in [0.1, 0.15) is 17.9 Å². The Bertz CT molecular complexity index is 420. The van der Waals surface area contributed by atoms with Gasteiger partial charge in [0.2, 0.25) is 5.91 Å². The van der Waals surface area contributed by atoms with E-state index >= 15 is 0 Å². The summed E-state index contributed by atoms with van der Waals surface area (Å²) >= 11 is 0. The highest BCUT2D eigenvalue weighted by molar-refractivity contribution is 5.98. The average Bonchev–Trinajstić information content (AvgIpc) is 2.77. The van der Waals surface area contributed by atoms with Crippen molar-refractivity contribution < 1.29 is 18.8 Å². The SMILES string of the molecule is CCOC(=O)C(C(=O)NCc1ccon1)C(C)(C)C. The Balaban J connectivity index is 2.69. The Labute approximate surface area is 112 Å². The van der Waals surface area contributed by atoms with Gasteiger partial charge in [0, 0.05) is 6.07 Å². The molecular weight excluding hydrogens is 248 g/mol. The maximum Gasteiger partial charge on any atom is 0.319 e. The van der Waals surface area contributed by atoms with Crippen LogP contribution in [0.1, 0.15) is 33.4 Å². The fraction of sp³-hybridized carbons (Fsp3) is 0.615. The summed E-state index contributed by atoms with van der Waals surface area (Å²) in [5, 5.41) is 6.35. The van der Waals surface area contributed by atoms with Crippen molar-refractivity contribution in [2.45, 2.75) is 34.2 Å². The summed E-state index contributed by atoms with van der Waals surface area (Å²) in [7, 11) is 0. The van der Waals surface area contributed by atoms with Crippen molar-refractivity contribution in [3.8, 4) is 0 Å². The first-order valence-corrected chi connectivity index (χ1v) is 6.20. The monoisotopic (exact) mass is 268 g/mol. The number of hydrogen-bond donors (Lipinski definition) is 1. The van der Waals surface area contributed by atoms with Crippen molar-refractivity contribution in [2.75, 3.05) is 6.61 Å². The molecule has 0 bridgehead atoms. The first-order valence-electron chi connectivity index (χ1n) is 6.20. The van der Waals surface area contributed by atoms with Crippen LogP contribution >= 0.6 is 0 Å². The molecule has 0 aliphatic rings. The Morgan fingerprint density at radius 1 is 1.47 bits per heavy atom. The van der Waals surface area contributed by atoms with Gasteiger partial charge in [0.25, 0.3) is 0 Å². The molecule has 19 heavy (non-hydrogen) atoms. The lowest BCUT2D eigenvalue weighted by atomic mass is 9.80. The van der Waals surface area contributed by atoms with E-state index in [9.17, 15) is 9.59 Å². The van der Waals surface area contributed by atoms with Gasteiger partial charge >= 0.3 is 5.97 Å². The summed E-state index contributed by atoms with van der Waals surface area (Å²) in [6.07, 6.45) is 1.42. The standard InChI is InChI=1S/C13H20N2O4/c1-5-18-12(17)10(13(2,3)4)11(16)14-8-9-6-7-19-15-9/h6-7,10H,5,8H2,1-4H3,(H,14,16). The van der Waals surface area contributed by atoms with Crippen LogP contribution in [0.25, 0.3) is 0 Å². The molecule has 0 radical (unpaired) electrons. The van der Waals surface area contributed by atoms with Crippen LogP contribution in [0.5, 0.6) is 0 Å². The van der Waals surface area contributed by atoms with Crippen LogP contribution in [0.2, 0.25) is 0 Å². The maximum absolute atomic E-state index is 12.1. The van der Waals surface area contributed by atoms with Crippen LogP contribution in [-0.2, 0) is 20.9 Å². The van der Waals surface area contributed by atoms with Crippen molar-refractivity contribution >= 4 is 11.9 Å². The smallest absolute Gasteiger partial charge is 0.319 e. The molecule has 0 spiro atoms. The van der Waals surface area contributed by atoms with E-state index in [-0.39, 0.29) is 19.1 Å². The Kier molecular flexibility index (Phi) is 5.09. The molecule has 0 aliphatic heterocycles. The van der Waals surface area contributed by atoms with Gasteiger partial charge in [-0.15, -0.1) is 0 Å². The van der Waals surface area contributed by atoms with E-state index in [1.807, 2.05) is 20.8 Å². The van der Waals surface area contributed by atoms with Crippen molar-refractivity contribution in [2.24, 2.45) is 11.3 Å². The van der Waals surface area contributed by atoms with Crippen LogP contribution in [0.3, 0.4) is 0 Å². The highest BCUT2D eigenvalue weighted by Crippen LogP contribution is 2.27. The number of carbonyl (C=O) groups is 2. The van der Waals surface area contributed by atoms with Crippen molar-refractivity contribution in [3.63, 3.8) is 0 Å². The van der Waals surface area contributed by atoms with E-state index in [0.717, 1.165) is 0 Å². The number of nitrogens with one attached hydrogen (secondary N) is 1. The van der Waals surface area contributed by atoms with Gasteiger partial charge in [0.15, 0.2) is 0 Å². The number of aromatic nitrogens is 1. The topological polar surface area (TPSA) is 81.4 Å². The number of amides is 1. The molecule has 0 saturated heterocycles. The summed E-state index contributed by atoms with van der Waals surface area (Å²) in [5.74, 6) is -1.72. The second-order valence-corrected chi connectivity index (χ2v) is 5.26. The minimum atomic E-state index is -0.848. The summed E-state index contributed by atoms with van der Waals surface area (Å²) in [6, 6.07) is 1.65. The Morgan fingerprint density at radius 3 is 2.63 bits per heavy atom. The average molecular weight is 268 g/mol. The van der Waals surface area contributed by atoms with E-state index in [1.54, 1.807) is 13.0 Å². The molecule has 0 aliphatic carbocycles. The van der Waals surface area contributed by atoms with Gasteiger partial charge in [0.05, 0.1) is 13.2 Å². The van der Waals surface area contributed by atoms with Crippen LogP contribution in [-0.4, -0.2) is 23.6 Å². The second kappa shape index (κ2) is 6.36. The third kappa shape index (κ3) is 4.39. The van der Waals surface area contributed by atoms with Gasteiger partial charge in [-0.1, -0.05) is 25.9 Å². The minimum absolute atomic E-state index is 0.224. The number of carbonyl (C=O) groups excluding carboxylic acids is 2. The number of nitrogens with zero attached hydrogens (tertiary/aromatic N) is 1. The number of ether oxygens (including phenoxy) is 1. The molecule has 1 amide bonds. The third-order valence-electron chi connectivity index (χ3n) is 2.59. The summed E-state index contributed by atoms with van der Waals surface area (Å²) in [4.78, 5) is 24.0. The van der Waals surface area contributed by atoms with Crippen LogP contribution in [0.15, 0.2) is 16.9 Å². The highest BCUT2D eigenvalue weighted by atomic mass is 16.5. The number of esters is 1. The molecule has 1 atom stereocenters. The summed E-state index contributed by atoms with van der Waals surface area (Å²) < 4.78 is 9.62. The van der Waals surface area contributed by atoms with Crippen LogP contribution < -0.4 is 5.32 Å². The zero-order chi connectivity index (χ0) is 14.5. The van der Waals surface area contributed by atoms with E-state index in [0.29, 0.717) is 5.69 Å². The second-order valence-electron chi connectivity index (χ2n) is 5.26. The molecule has 1 aromatic rings.